The van der Waals surface area contributed by atoms with Gasteiger partial charge in [-0.2, -0.15) is 0 Å². The Balaban J connectivity index is 2.13. The number of hydrogen-bond acceptors (Lipinski definition) is 4. The van der Waals surface area contributed by atoms with Gasteiger partial charge < -0.3 is 5.32 Å². The molecule has 1 N–H and O–H groups in total. The zero-order valence-corrected chi connectivity index (χ0v) is 7.78. The molecule has 1 aliphatic rings. The van der Waals surface area contributed by atoms with E-state index in [2.05, 4.69) is 10.3 Å². The van der Waals surface area contributed by atoms with Crippen LogP contribution in [0.15, 0.2) is 6.20 Å². The number of halogens is 1. The van der Waals surface area contributed by atoms with Crippen LogP contribution in [-0.2, 0) is 0 Å². The molecule has 1 aromatic heterocycles. The maximum absolute atomic E-state index is 11.5. The molecular formula is C7H7ClN2OS. The Labute approximate surface area is 78.8 Å². The quantitative estimate of drug-likeness (QED) is 0.733. The largest absolute Gasteiger partial charge is 0.315 e. The van der Waals surface area contributed by atoms with Crippen molar-refractivity contribution in [2.24, 2.45) is 5.92 Å². The third-order valence-corrected chi connectivity index (χ3v) is 3.00. The highest BCUT2D eigenvalue weighted by molar-refractivity contribution is 7.17. The van der Waals surface area contributed by atoms with Crippen LogP contribution in [0.3, 0.4) is 0 Å². The predicted octanol–water partition coefficient (Wildman–Crippen LogP) is 1.20. The number of thiazole rings is 1. The van der Waals surface area contributed by atoms with Crippen molar-refractivity contribution in [1.82, 2.24) is 10.3 Å². The molecule has 0 spiro atoms. The molecule has 3 nitrogen and oxygen atoms in total. The molecule has 1 saturated heterocycles. The zero-order chi connectivity index (χ0) is 8.55. The zero-order valence-electron chi connectivity index (χ0n) is 6.21. The molecule has 0 atom stereocenters. The lowest BCUT2D eigenvalue weighted by Gasteiger charge is -2.24. The van der Waals surface area contributed by atoms with Crippen LogP contribution in [0.4, 0.5) is 0 Å². The van der Waals surface area contributed by atoms with E-state index in [1.54, 1.807) is 6.20 Å². The molecule has 0 bridgehead atoms. The fourth-order valence-corrected chi connectivity index (χ4v) is 2.00. The first-order chi connectivity index (χ1) is 5.77. The molecule has 0 saturated carbocycles. The Morgan fingerprint density at radius 3 is 2.92 bits per heavy atom. The van der Waals surface area contributed by atoms with Gasteiger partial charge in [-0.1, -0.05) is 22.9 Å². The van der Waals surface area contributed by atoms with E-state index >= 15 is 0 Å². The van der Waals surface area contributed by atoms with E-state index in [1.165, 1.54) is 11.3 Å². The highest BCUT2D eigenvalue weighted by Gasteiger charge is 2.27. The molecule has 5 heteroatoms. The number of ketones is 1. The molecule has 0 radical (unpaired) electrons. The normalized spacial score (nSPS) is 17.4. The van der Waals surface area contributed by atoms with Gasteiger partial charge in [0.2, 0.25) is 0 Å². The number of Topliss-reactive ketones (excluding diaryl/α,β-unsaturated/α-hetero) is 1. The first kappa shape index (κ1) is 8.16. The summed E-state index contributed by atoms with van der Waals surface area (Å²) in [7, 11) is 0. The van der Waals surface area contributed by atoms with Crippen LogP contribution in [-0.4, -0.2) is 23.9 Å². The van der Waals surface area contributed by atoms with E-state index in [0.29, 0.717) is 9.34 Å². The molecule has 1 aliphatic heterocycles. The van der Waals surface area contributed by atoms with Gasteiger partial charge in [-0.25, -0.2) is 4.98 Å². The Hall–Kier alpha value is -0.450. The highest BCUT2D eigenvalue weighted by Crippen LogP contribution is 2.21. The second kappa shape index (κ2) is 3.12. The van der Waals surface area contributed by atoms with Crippen LogP contribution in [0.2, 0.25) is 4.47 Å². The van der Waals surface area contributed by atoms with Crippen LogP contribution in [0.5, 0.6) is 0 Å². The second-order valence-electron chi connectivity index (χ2n) is 2.70. The highest BCUT2D eigenvalue weighted by atomic mass is 35.5. The van der Waals surface area contributed by atoms with Crippen LogP contribution >= 0.6 is 22.9 Å². The number of nitrogens with zero attached hydrogens (tertiary/aromatic N) is 1. The molecule has 12 heavy (non-hydrogen) atoms. The molecule has 0 unspecified atom stereocenters. The molecule has 1 fully saturated rings. The molecule has 2 rings (SSSR count). The van der Waals surface area contributed by atoms with Gasteiger partial charge in [0.25, 0.3) is 0 Å². The van der Waals surface area contributed by atoms with Gasteiger partial charge in [0.1, 0.15) is 0 Å². The number of hydrogen-bond donors (Lipinski definition) is 1. The smallest absolute Gasteiger partial charge is 0.184 e. The van der Waals surface area contributed by atoms with Crippen molar-refractivity contribution in [1.29, 1.82) is 0 Å². The minimum atomic E-state index is 0.140. The lowest BCUT2D eigenvalue weighted by molar-refractivity contribution is 0.0882. The van der Waals surface area contributed by atoms with E-state index in [-0.39, 0.29) is 11.7 Å². The Morgan fingerprint density at radius 1 is 1.75 bits per heavy atom. The first-order valence-electron chi connectivity index (χ1n) is 3.63. The number of carbonyl (C=O) groups is 1. The van der Waals surface area contributed by atoms with E-state index in [9.17, 15) is 4.79 Å². The minimum Gasteiger partial charge on any atom is -0.315 e. The van der Waals surface area contributed by atoms with Crippen LogP contribution < -0.4 is 5.32 Å². The van der Waals surface area contributed by atoms with Crippen LogP contribution in [0, 0.1) is 5.92 Å². The fraction of sp³-hybridized carbons (Fsp3) is 0.429. The summed E-state index contributed by atoms with van der Waals surface area (Å²) < 4.78 is 0.436. The van der Waals surface area contributed by atoms with Crippen LogP contribution in [0.1, 0.15) is 9.67 Å². The van der Waals surface area contributed by atoms with E-state index < -0.39 is 0 Å². The van der Waals surface area contributed by atoms with Gasteiger partial charge >= 0.3 is 0 Å². The molecule has 0 aliphatic carbocycles. The molecule has 64 valence electrons. The summed E-state index contributed by atoms with van der Waals surface area (Å²) in [5, 5.41) is 3.05. The van der Waals surface area contributed by atoms with Gasteiger partial charge in [-0.3, -0.25) is 4.79 Å². The molecular weight excluding hydrogens is 196 g/mol. The monoisotopic (exact) mass is 202 g/mol. The molecule has 1 aromatic rings. The number of rotatable bonds is 2. The summed E-state index contributed by atoms with van der Waals surface area (Å²) in [4.78, 5) is 16.0. The maximum atomic E-state index is 11.5. The topological polar surface area (TPSA) is 42.0 Å². The average Bonchev–Trinajstić information content (AvgIpc) is 2.31. The Kier molecular flexibility index (Phi) is 2.12. The fourth-order valence-electron chi connectivity index (χ4n) is 1.04. The van der Waals surface area contributed by atoms with Crippen molar-refractivity contribution in [2.45, 2.75) is 0 Å². The van der Waals surface area contributed by atoms with Crippen LogP contribution in [0.25, 0.3) is 0 Å². The van der Waals surface area contributed by atoms with Crippen molar-refractivity contribution >= 4 is 28.7 Å². The lowest BCUT2D eigenvalue weighted by Crippen LogP contribution is -2.46. The third-order valence-electron chi connectivity index (χ3n) is 1.87. The summed E-state index contributed by atoms with van der Waals surface area (Å²) >= 11 is 6.86. The van der Waals surface area contributed by atoms with E-state index in [1.807, 2.05) is 0 Å². The van der Waals surface area contributed by atoms with Gasteiger partial charge in [-0.05, 0) is 0 Å². The minimum absolute atomic E-state index is 0.140. The molecule has 2 heterocycles. The van der Waals surface area contributed by atoms with E-state index in [4.69, 9.17) is 11.6 Å². The first-order valence-corrected chi connectivity index (χ1v) is 4.83. The Bertz CT molecular complexity index is 308. The SMILES string of the molecule is O=C(c1cnc(Cl)s1)C1CNC1. The van der Waals surface area contributed by atoms with Crippen molar-refractivity contribution < 1.29 is 4.79 Å². The summed E-state index contributed by atoms with van der Waals surface area (Å²) in [5.41, 5.74) is 0. The summed E-state index contributed by atoms with van der Waals surface area (Å²) in [6, 6.07) is 0. The average molecular weight is 203 g/mol. The lowest BCUT2D eigenvalue weighted by atomic mass is 9.97. The third kappa shape index (κ3) is 1.37. The number of aromatic nitrogens is 1. The number of nitrogens with one attached hydrogen (secondary N) is 1. The molecule has 0 amide bonds. The summed E-state index contributed by atoms with van der Waals surface area (Å²) in [6.07, 6.45) is 1.55. The Morgan fingerprint density at radius 2 is 2.50 bits per heavy atom. The number of carbonyl (C=O) groups excluding carboxylic acids is 1. The summed E-state index contributed by atoms with van der Waals surface area (Å²) in [6.45, 7) is 1.57. The summed E-state index contributed by atoms with van der Waals surface area (Å²) in [5.74, 6) is 0.305. The maximum Gasteiger partial charge on any atom is 0.184 e. The van der Waals surface area contributed by atoms with Crippen molar-refractivity contribution in [3.63, 3.8) is 0 Å². The van der Waals surface area contributed by atoms with Crippen molar-refractivity contribution in [3.8, 4) is 0 Å². The molecule has 0 aromatic carbocycles. The second-order valence-corrected chi connectivity index (χ2v) is 4.31. The van der Waals surface area contributed by atoms with Gasteiger partial charge in [0.05, 0.1) is 11.1 Å². The standard InChI is InChI=1S/C7H7ClN2OS/c8-7-10-3-5(12-7)6(11)4-1-9-2-4/h3-4,9H,1-2H2. The van der Waals surface area contributed by atoms with Gasteiger partial charge in [-0.15, -0.1) is 0 Å². The van der Waals surface area contributed by atoms with Gasteiger partial charge in [0.15, 0.2) is 10.3 Å². The van der Waals surface area contributed by atoms with Gasteiger partial charge in [0, 0.05) is 19.0 Å². The van der Waals surface area contributed by atoms with Crippen molar-refractivity contribution in [2.75, 3.05) is 13.1 Å². The van der Waals surface area contributed by atoms with Crippen molar-refractivity contribution in [3.05, 3.63) is 15.5 Å². The van der Waals surface area contributed by atoms with E-state index in [0.717, 1.165) is 13.1 Å². The predicted molar refractivity (Wildman–Crippen MR) is 47.8 cm³/mol.